The zero-order chi connectivity index (χ0) is 11.1. The molecule has 1 aromatic carbocycles. The molecule has 2 rings (SSSR count). The first-order valence-corrected chi connectivity index (χ1v) is 6.17. The van der Waals surface area contributed by atoms with Crippen LogP contribution in [0.5, 0.6) is 0 Å². The van der Waals surface area contributed by atoms with E-state index in [1.54, 1.807) is 0 Å². The summed E-state index contributed by atoms with van der Waals surface area (Å²) >= 11 is 0. The number of halogens is 1. The van der Waals surface area contributed by atoms with Crippen LogP contribution in [-0.2, 0) is 10.0 Å². The van der Waals surface area contributed by atoms with Crippen molar-refractivity contribution in [1.29, 1.82) is 0 Å². The normalized spacial score (nSPS) is 19.4. The van der Waals surface area contributed by atoms with Gasteiger partial charge < -0.3 is 5.73 Å². The molecule has 1 fully saturated rings. The Kier molecular flexibility index (Phi) is 2.30. The number of hydrogen-bond acceptors (Lipinski definition) is 3. The molecule has 0 atom stereocenters. The van der Waals surface area contributed by atoms with E-state index in [1.165, 1.54) is 16.4 Å². The number of nitrogens with two attached hydrogens (primary N) is 1. The van der Waals surface area contributed by atoms with E-state index < -0.39 is 15.8 Å². The molecule has 0 radical (unpaired) electrons. The maximum atomic E-state index is 13.0. The van der Waals surface area contributed by atoms with Gasteiger partial charge in [-0.2, -0.15) is 0 Å². The molecule has 1 aliphatic heterocycles. The minimum absolute atomic E-state index is 0.100. The Balaban J connectivity index is 2.50. The Morgan fingerprint density at radius 1 is 1.40 bits per heavy atom. The zero-order valence-electron chi connectivity index (χ0n) is 7.98. The fourth-order valence-corrected chi connectivity index (χ4v) is 3.22. The Morgan fingerprint density at radius 3 is 2.73 bits per heavy atom. The lowest BCUT2D eigenvalue weighted by atomic mass is 10.2. The van der Waals surface area contributed by atoms with Crippen LogP contribution in [0.2, 0.25) is 0 Å². The topological polar surface area (TPSA) is 63.4 Å². The molecule has 0 spiro atoms. The van der Waals surface area contributed by atoms with Gasteiger partial charge in [-0.3, -0.25) is 4.31 Å². The van der Waals surface area contributed by atoms with Crippen LogP contribution in [0.3, 0.4) is 0 Å². The highest BCUT2D eigenvalue weighted by Crippen LogP contribution is 2.29. The van der Waals surface area contributed by atoms with Gasteiger partial charge in [-0.25, -0.2) is 12.8 Å². The highest BCUT2D eigenvalue weighted by Gasteiger charge is 2.29. The van der Waals surface area contributed by atoms with E-state index in [9.17, 15) is 12.8 Å². The summed E-state index contributed by atoms with van der Waals surface area (Å²) in [5.41, 5.74) is 6.14. The molecular formula is C9H11FN2O2S. The molecule has 1 heterocycles. The predicted molar refractivity (Wildman–Crippen MR) is 56.6 cm³/mol. The van der Waals surface area contributed by atoms with Crippen molar-refractivity contribution in [2.75, 3.05) is 22.3 Å². The molecule has 0 bridgehead atoms. The molecule has 0 aliphatic carbocycles. The third kappa shape index (κ3) is 1.77. The molecule has 6 heteroatoms. The standard InChI is InChI=1S/C9H11FN2O2S/c10-7-2-3-8(11)9(6-7)12-4-1-5-15(12,13)14/h2-3,6H,1,4-5,11H2. The van der Waals surface area contributed by atoms with Gasteiger partial charge in [0.25, 0.3) is 0 Å². The summed E-state index contributed by atoms with van der Waals surface area (Å²) in [6.07, 6.45) is 0.554. The second kappa shape index (κ2) is 3.37. The van der Waals surface area contributed by atoms with E-state index in [1.807, 2.05) is 0 Å². The van der Waals surface area contributed by atoms with Crippen molar-refractivity contribution >= 4 is 21.4 Å². The van der Waals surface area contributed by atoms with Gasteiger partial charge in [0.05, 0.1) is 17.1 Å². The van der Waals surface area contributed by atoms with Crippen LogP contribution < -0.4 is 10.0 Å². The van der Waals surface area contributed by atoms with E-state index in [0.717, 1.165) is 6.07 Å². The van der Waals surface area contributed by atoms with E-state index in [0.29, 0.717) is 13.0 Å². The maximum absolute atomic E-state index is 13.0. The lowest BCUT2D eigenvalue weighted by molar-refractivity contribution is 0.599. The molecule has 2 N–H and O–H groups in total. The molecule has 1 aromatic rings. The molecule has 0 saturated carbocycles. The number of anilines is 2. The summed E-state index contributed by atoms with van der Waals surface area (Å²) in [4.78, 5) is 0. The Bertz CT molecular complexity index is 487. The van der Waals surface area contributed by atoms with Gasteiger partial charge in [-0.15, -0.1) is 0 Å². The van der Waals surface area contributed by atoms with Gasteiger partial charge >= 0.3 is 0 Å². The van der Waals surface area contributed by atoms with E-state index in [2.05, 4.69) is 0 Å². The van der Waals surface area contributed by atoms with Gasteiger partial charge in [0.15, 0.2) is 0 Å². The average molecular weight is 230 g/mol. The number of benzene rings is 1. The molecule has 4 nitrogen and oxygen atoms in total. The fraction of sp³-hybridized carbons (Fsp3) is 0.333. The van der Waals surface area contributed by atoms with Crippen molar-refractivity contribution in [1.82, 2.24) is 0 Å². The highest BCUT2D eigenvalue weighted by molar-refractivity contribution is 7.93. The Hall–Kier alpha value is -1.30. The minimum Gasteiger partial charge on any atom is -0.397 e. The number of nitrogen functional groups attached to an aromatic ring is 1. The Labute approximate surface area is 87.5 Å². The van der Waals surface area contributed by atoms with Crippen LogP contribution in [0.1, 0.15) is 6.42 Å². The van der Waals surface area contributed by atoms with Crippen molar-refractivity contribution in [2.45, 2.75) is 6.42 Å². The summed E-state index contributed by atoms with van der Waals surface area (Å²) in [6.45, 7) is 0.371. The van der Waals surface area contributed by atoms with Crippen LogP contribution in [0.15, 0.2) is 18.2 Å². The molecule has 82 valence electrons. The third-order valence-electron chi connectivity index (χ3n) is 2.36. The van der Waals surface area contributed by atoms with Gasteiger partial charge in [-0.05, 0) is 18.6 Å². The molecular weight excluding hydrogens is 219 g/mol. The smallest absolute Gasteiger partial charge is 0.235 e. The number of hydrogen-bond donors (Lipinski definition) is 1. The third-order valence-corrected chi connectivity index (χ3v) is 4.22. The zero-order valence-corrected chi connectivity index (χ0v) is 8.80. The monoisotopic (exact) mass is 230 g/mol. The summed E-state index contributed by atoms with van der Waals surface area (Å²) in [7, 11) is -3.29. The van der Waals surface area contributed by atoms with Crippen molar-refractivity contribution in [3.8, 4) is 0 Å². The van der Waals surface area contributed by atoms with Crippen molar-refractivity contribution < 1.29 is 12.8 Å². The Morgan fingerprint density at radius 2 is 2.13 bits per heavy atom. The van der Waals surface area contributed by atoms with Crippen LogP contribution in [0, 0.1) is 5.82 Å². The second-order valence-electron chi connectivity index (χ2n) is 3.44. The lowest BCUT2D eigenvalue weighted by Gasteiger charge is -2.18. The van der Waals surface area contributed by atoms with Crippen LogP contribution in [0.4, 0.5) is 15.8 Å². The van der Waals surface area contributed by atoms with Crippen LogP contribution in [0.25, 0.3) is 0 Å². The van der Waals surface area contributed by atoms with Crippen molar-refractivity contribution in [3.05, 3.63) is 24.0 Å². The quantitative estimate of drug-likeness (QED) is 0.730. The first-order chi connectivity index (χ1) is 7.00. The van der Waals surface area contributed by atoms with Gasteiger partial charge in [0.1, 0.15) is 5.82 Å². The SMILES string of the molecule is Nc1ccc(F)cc1N1CCCS1(=O)=O. The number of nitrogens with zero attached hydrogens (tertiary/aromatic N) is 1. The summed E-state index contributed by atoms with van der Waals surface area (Å²) in [6, 6.07) is 3.73. The van der Waals surface area contributed by atoms with Crippen LogP contribution >= 0.6 is 0 Å². The number of rotatable bonds is 1. The number of sulfonamides is 1. The van der Waals surface area contributed by atoms with E-state index in [4.69, 9.17) is 5.73 Å². The predicted octanol–water partition coefficient (Wildman–Crippen LogP) is 0.948. The molecule has 1 saturated heterocycles. The fourth-order valence-electron chi connectivity index (χ4n) is 1.64. The van der Waals surface area contributed by atoms with Crippen LogP contribution in [-0.4, -0.2) is 20.7 Å². The molecule has 0 amide bonds. The largest absolute Gasteiger partial charge is 0.397 e. The van der Waals surface area contributed by atoms with Crippen molar-refractivity contribution in [3.63, 3.8) is 0 Å². The van der Waals surface area contributed by atoms with Gasteiger partial charge in [-0.1, -0.05) is 0 Å². The maximum Gasteiger partial charge on any atom is 0.235 e. The van der Waals surface area contributed by atoms with Crippen molar-refractivity contribution in [2.24, 2.45) is 0 Å². The average Bonchev–Trinajstić information content (AvgIpc) is 2.50. The highest BCUT2D eigenvalue weighted by atomic mass is 32.2. The minimum atomic E-state index is -3.29. The molecule has 15 heavy (non-hydrogen) atoms. The second-order valence-corrected chi connectivity index (χ2v) is 5.46. The molecule has 1 aliphatic rings. The summed E-state index contributed by atoms with van der Waals surface area (Å²) < 4.78 is 37.3. The summed E-state index contributed by atoms with van der Waals surface area (Å²) in [5.74, 6) is -0.385. The lowest BCUT2D eigenvalue weighted by Crippen LogP contribution is -2.26. The van der Waals surface area contributed by atoms with E-state index in [-0.39, 0.29) is 17.1 Å². The van der Waals surface area contributed by atoms with E-state index >= 15 is 0 Å². The first-order valence-electron chi connectivity index (χ1n) is 4.56. The first kappa shape index (κ1) is 10.2. The van der Waals surface area contributed by atoms with Gasteiger partial charge in [0.2, 0.25) is 10.0 Å². The molecule has 0 aromatic heterocycles. The summed E-state index contributed by atoms with van der Waals surface area (Å²) in [5, 5.41) is 0. The van der Waals surface area contributed by atoms with Gasteiger partial charge in [0, 0.05) is 12.6 Å². The molecule has 0 unspecified atom stereocenters.